The van der Waals surface area contributed by atoms with E-state index in [1.165, 1.54) is 10.2 Å². The number of nitrogens with two attached hydrogens (primary N) is 1. The van der Waals surface area contributed by atoms with Crippen LogP contribution in [0.5, 0.6) is 0 Å². The second-order valence-electron chi connectivity index (χ2n) is 10.5. The standard InChI is InChI=1S/C26H32N6O/c1-16-14-22(32(29-16)26(5,6)7)28-23-20-13-10-18(27)15-21(20)24(33)31(30-23)19-11-8-17(9-12-19)25(2,3)4/h8-15H,27H2,1-7H3,(H,28,30). The van der Waals surface area contributed by atoms with Crippen molar-refractivity contribution in [1.82, 2.24) is 19.6 Å². The Morgan fingerprint density at radius 2 is 1.55 bits per heavy atom. The van der Waals surface area contributed by atoms with E-state index in [0.717, 1.165) is 11.5 Å². The highest BCUT2D eigenvalue weighted by Crippen LogP contribution is 2.28. The molecule has 0 spiro atoms. The predicted octanol–water partition coefficient (Wildman–Crippen LogP) is 5.27. The van der Waals surface area contributed by atoms with Gasteiger partial charge in [-0.1, -0.05) is 32.9 Å². The number of hydrogen-bond donors (Lipinski definition) is 2. The van der Waals surface area contributed by atoms with Crippen LogP contribution >= 0.6 is 0 Å². The minimum absolute atomic E-state index is 0.0185. The molecule has 0 saturated carbocycles. The van der Waals surface area contributed by atoms with E-state index in [1.807, 2.05) is 48.0 Å². The van der Waals surface area contributed by atoms with E-state index in [2.05, 4.69) is 52.0 Å². The van der Waals surface area contributed by atoms with E-state index in [-0.39, 0.29) is 16.5 Å². The Hall–Kier alpha value is -3.61. The van der Waals surface area contributed by atoms with Gasteiger partial charge in [-0.3, -0.25) is 4.79 Å². The molecular formula is C26H32N6O. The van der Waals surface area contributed by atoms with Gasteiger partial charge in [-0.25, -0.2) is 4.68 Å². The molecule has 4 aromatic rings. The number of aromatic nitrogens is 4. The summed E-state index contributed by atoms with van der Waals surface area (Å²) in [4.78, 5) is 13.4. The summed E-state index contributed by atoms with van der Waals surface area (Å²) < 4.78 is 3.36. The van der Waals surface area contributed by atoms with Crippen LogP contribution in [0.1, 0.15) is 52.8 Å². The van der Waals surface area contributed by atoms with E-state index in [9.17, 15) is 4.79 Å². The molecule has 0 aliphatic rings. The van der Waals surface area contributed by atoms with Crippen LogP contribution in [0.3, 0.4) is 0 Å². The zero-order valence-corrected chi connectivity index (χ0v) is 20.4. The Morgan fingerprint density at radius 3 is 2.15 bits per heavy atom. The van der Waals surface area contributed by atoms with Crippen molar-refractivity contribution in [2.45, 2.75) is 59.4 Å². The number of hydrogen-bond acceptors (Lipinski definition) is 5. The molecule has 0 aliphatic carbocycles. The molecular weight excluding hydrogens is 412 g/mol. The molecule has 3 N–H and O–H groups in total. The van der Waals surface area contributed by atoms with Crippen LogP contribution in [0.4, 0.5) is 17.3 Å². The van der Waals surface area contributed by atoms with Gasteiger partial charge >= 0.3 is 0 Å². The molecule has 0 amide bonds. The van der Waals surface area contributed by atoms with E-state index in [1.54, 1.807) is 12.1 Å². The molecule has 7 nitrogen and oxygen atoms in total. The maximum atomic E-state index is 13.4. The minimum atomic E-state index is -0.228. The molecule has 0 radical (unpaired) electrons. The smallest absolute Gasteiger partial charge is 0.279 e. The van der Waals surface area contributed by atoms with Crippen molar-refractivity contribution in [3.8, 4) is 5.69 Å². The first kappa shape index (κ1) is 22.6. The Balaban J connectivity index is 1.91. The van der Waals surface area contributed by atoms with Gasteiger partial charge in [0.25, 0.3) is 5.56 Å². The summed E-state index contributed by atoms with van der Waals surface area (Å²) in [5, 5.41) is 14.0. The fourth-order valence-corrected chi connectivity index (χ4v) is 3.85. The van der Waals surface area contributed by atoms with E-state index < -0.39 is 0 Å². The van der Waals surface area contributed by atoms with Gasteiger partial charge in [-0.15, -0.1) is 5.10 Å². The van der Waals surface area contributed by atoms with Crippen molar-refractivity contribution in [2.24, 2.45) is 0 Å². The third-order valence-corrected chi connectivity index (χ3v) is 5.61. The Morgan fingerprint density at radius 1 is 0.879 bits per heavy atom. The molecule has 33 heavy (non-hydrogen) atoms. The first-order valence-corrected chi connectivity index (χ1v) is 11.1. The van der Waals surface area contributed by atoms with Crippen LogP contribution < -0.4 is 16.6 Å². The molecule has 0 unspecified atom stereocenters. The molecule has 0 atom stereocenters. The lowest BCUT2D eigenvalue weighted by Crippen LogP contribution is -2.26. The highest BCUT2D eigenvalue weighted by molar-refractivity contribution is 5.94. The Kier molecular flexibility index (Phi) is 5.31. The highest BCUT2D eigenvalue weighted by atomic mass is 16.1. The monoisotopic (exact) mass is 444 g/mol. The third kappa shape index (κ3) is 4.35. The number of fused-ring (bicyclic) bond motifs is 1. The fraction of sp³-hybridized carbons (Fsp3) is 0.346. The third-order valence-electron chi connectivity index (χ3n) is 5.61. The van der Waals surface area contributed by atoms with Crippen molar-refractivity contribution < 1.29 is 0 Å². The van der Waals surface area contributed by atoms with Crippen molar-refractivity contribution in [3.05, 3.63) is 70.1 Å². The van der Waals surface area contributed by atoms with E-state index >= 15 is 0 Å². The quantitative estimate of drug-likeness (QED) is 0.420. The lowest BCUT2D eigenvalue weighted by molar-refractivity contribution is 0.359. The molecule has 0 bridgehead atoms. The molecule has 2 aromatic heterocycles. The van der Waals surface area contributed by atoms with Crippen LogP contribution in [-0.4, -0.2) is 19.6 Å². The maximum absolute atomic E-state index is 13.4. The molecule has 4 rings (SSSR count). The number of benzene rings is 2. The topological polar surface area (TPSA) is 90.8 Å². The van der Waals surface area contributed by atoms with Crippen molar-refractivity contribution in [3.63, 3.8) is 0 Å². The van der Waals surface area contributed by atoms with Gasteiger partial charge in [0.05, 0.1) is 22.3 Å². The second kappa shape index (κ2) is 7.76. The van der Waals surface area contributed by atoms with Gasteiger partial charge in [0.2, 0.25) is 0 Å². The average Bonchev–Trinajstić information content (AvgIpc) is 3.10. The summed E-state index contributed by atoms with van der Waals surface area (Å²) in [7, 11) is 0. The lowest BCUT2D eigenvalue weighted by Gasteiger charge is -2.23. The summed E-state index contributed by atoms with van der Waals surface area (Å²) in [6.45, 7) is 14.7. The zero-order valence-electron chi connectivity index (χ0n) is 20.4. The van der Waals surface area contributed by atoms with Crippen LogP contribution in [-0.2, 0) is 11.0 Å². The number of nitrogen functional groups attached to an aromatic ring is 1. The normalized spacial score (nSPS) is 12.3. The number of nitrogens with zero attached hydrogens (tertiary/aromatic N) is 4. The van der Waals surface area contributed by atoms with Crippen LogP contribution in [0.25, 0.3) is 16.5 Å². The van der Waals surface area contributed by atoms with Crippen LogP contribution in [0, 0.1) is 6.92 Å². The predicted molar refractivity (Wildman–Crippen MR) is 136 cm³/mol. The molecule has 2 aromatic carbocycles. The van der Waals surface area contributed by atoms with Gasteiger partial charge < -0.3 is 11.1 Å². The molecule has 2 heterocycles. The second-order valence-corrected chi connectivity index (χ2v) is 10.5. The van der Waals surface area contributed by atoms with Crippen molar-refractivity contribution in [1.29, 1.82) is 0 Å². The SMILES string of the molecule is Cc1cc(Nc2nn(-c3ccc(C(C)(C)C)cc3)c(=O)c3cc(N)ccc23)n(C(C)(C)C)n1. The molecule has 0 fully saturated rings. The van der Waals surface area contributed by atoms with Crippen LogP contribution in [0.15, 0.2) is 53.3 Å². The van der Waals surface area contributed by atoms with Gasteiger partial charge in [0, 0.05) is 17.1 Å². The van der Waals surface area contributed by atoms with Gasteiger partial charge in [0.1, 0.15) is 5.82 Å². The fourth-order valence-electron chi connectivity index (χ4n) is 3.85. The summed E-state index contributed by atoms with van der Waals surface area (Å²) in [5.41, 5.74) is 8.92. The molecule has 172 valence electrons. The van der Waals surface area contributed by atoms with Gasteiger partial charge in [-0.2, -0.15) is 9.78 Å². The number of anilines is 3. The van der Waals surface area contributed by atoms with E-state index in [4.69, 9.17) is 10.8 Å². The first-order chi connectivity index (χ1) is 15.3. The number of nitrogens with one attached hydrogen (secondary N) is 1. The van der Waals surface area contributed by atoms with Crippen molar-refractivity contribution >= 4 is 28.1 Å². The molecule has 0 aliphatic heterocycles. The summed E-state index contributed by atoms with van der Waals surface area (Å²) in [6, 6.07) is 15.2. The summed E-state index contributed by atoms with van der Waals surface area (Å²) in [5.74, 6) is 1.37. The first-order valence-electron chi connectivity index (χ1n) is 11.1. The van der Waals surface area contributed by atoms with Gasteiger partial charge in [0.15, 0.2) is 5.82 Å². The average molecular weight is 445 g/mol. The maximum Gasteiger partial charge on any atom is 0.279 e. The van der Waals surface area contributed by atoms with Crippen LogP contribution in [0.2, 0.25) is 0 Å². The van der Waals surface area contributed by atoms with Crippen molar-refractivity contribution in [2.75, 3.05) is 11.1 Å². The molecule has 7 heteroatoms. The Labute approximate surface area is 194 Å². The summed E-state index contributed by atoms with van der Waals surface area (Å²) in [6.07, 6.45) is 0. The highest BCUT2D eigenvalue weighted by Gasteiger charge is 2.21. The minimum Gasteiger partial charge on any atom is -0.399 e. The summed E-state index contributed by atoms with van der Waals surface area (Å²) >= 11 is 0. The van der Waals surface area contributed by atoms with E-state index in [0.29, 0.717) is 28.0 Å². The molecule has 0 saturated heterocycles. The zero-order chi connectivity index (χ0) is 24.1. The Bertz CT molecular complexity index is 1380. The number of rotatable bonds is 3. The largest absolute Gasteiger partial charge is 0.399 e. The lowest BCUT2D eigenvalue weighted by atomic mass is 9.87. The van der Waals surface area contributed by atoms with Gasteiger partial charge in [-0.05, 0) is 69.0 Å². The number of aryl methyl sites for hydroxylation is 1.